The first-order chi connectivity index (χ1) is 9.24. The Bertz CT molecular complexity index is 355. The lowest BCUT2D eigenvalue weighted by Gasteiger charge is -2.06. The molecule has 0 heterocycles. The largest absolute Gasteiger partial charge is 0.398 e. The maximum absolute atomic E-state index is 5.98. The van der Waals surface area contributed by atoms with Crippen LogP contribution < -0.4 is 5.73 Å². The molecule has 1 rings (SSSR count). The van der Waals surface area contributed by atoms with Crippen LogP contribution in [-0.2, 0) is 0 Å². The van der Waals surface area contributed by atoms with E-state index >= 15 is 0 Å². The van der Waals surface area contributed by atoms with Crippen LogP contribution >= 0.6 is 27.7 Å². The number of nitrogens with two attached hydrogens (primary N) is 1. The number of hydrogen-bond donors (Lipinski definition) is 1. The van der Waals surface area contributed by atoms with Crippen molar-refractivity contribution in [1.82, 2.24) is 0 Å². The van der Waals surface area contributed by atoms with Gasteiger partial charge in [0.2, 0.25) is 0 Å². The van der Waals surface area contributed by atoms with E-state index in [1.165, 1.54) is 62.0 Å². The molecule has 0 bridgehead atoms. The van der Waals surface area contributed by atoms with Crippen LogP contribution in [0.2, 0.25) is 0 Å². The van der Waals surface area contributed by atoms with Gasteiger partial charge in [-0.25, -0.2) is 0 Å². The Morgan fingerprint density at radius 2 is 1.63 bits per heavy atom. The molecule has 19 heavy (non-hydrogen) atoms. The van der Waals surface area contributed by atoms with E-state index in [0.29, 0.717) is 0 Å². The number of thioether (sulfide) groups is 1. The fourth-order valence-corrected chi connectivity index (χ4v) is 3.41. The average Bonchev–Trinajstić information content (AvgIpc) is 2.39. The zero-order valence-electron chi connectivity index (χ0n) is 12.0. The van der Waals surface area contributed by atoms with Crippen LogP contribution in [0.15, 0.2) is 27.6 Å². The number of anilines is 1. The van der Waals surface area contributed by atoms with Gasteiger partial charge < -0.3 is 5.73 Å². The highest BCUT2D eigenvalue weighted by Crippen LogP contribution is 2.28. The van der Waals surface area contributed by atoms with Gasteiger partial charge >= 0.3 is 0 Å². The first-order valence-corrected chi connectivity index (χ1v) is 9.19. The maximum atomic E-state index is 5.98. The summed E-state index contributed by atoms with van der Waals surface area (Å²) in [5, 5.41) is 0. The lowest BCUT2D eigenvalue weighted by atomic mass is 10.1. The Balaban J connectivity index is 2.01. The van der Waals surface area contributed by atoms with Crippen molar-refractivity contribution in [3.63, 3.8) is 0 Å². The van der Waals surface area contributed by atoms with Gasteiger partial charge in [-0.05, 0) is 30.4 Å². The zero-order valence-corrected chi connectivity index (χ0v) is 14.4. The molecule has 0 aliphatic heterocycles. The molecule has 0 saturated heterocycles. The van der Waals surface area contributed by atoms with Crippen molar-refractivity contribution in [3.8, 4) is 0 Å². The first kappa shape index (κ1) is 16.9. The standard InChI is InChI=1S/C16H26BrNS/c1-2-3-4-5-6-7-8-9-12-19-16-11-10-14(17)13-15(16)18/h10-11,13H,2-9,12,18H2,1H3. The van der Waals surface area contributed by atoms with Crippen molar-refractivity contribution in [3.05, 3.63) is 22.7 Å². The van der Waals surface area contributed by atoms with Crippen molar-refractivity contribution < 1.29 is 0 Å². The molecule has 2 N–H and O–H groups in total. The number of unbranched alkanes of at least 4 members (excludes halogenated alkanes) is 7. The number of nitrogen functional groups attached to an aromatic ring is 1. The molecule has 0 spiro atoms. The van der Waals surface area contributed by atoms with Crippen LogP contribution in [0.5, 0.6) is 0 Å². The molecule has 0 atom stereocenters. The monoisotopic (exact) mass is 343 g/mol. The molecule has 1 nitrogen and oxygen atoms in total. The molecule has 0 unspecified atom stereocenters. The summed E-state index contributed by atoms with van der Waals surface area (Å²) < 4.78 is 1.06. The Hall–Kier alpha value is -0.150. The molecule has 1 aromatic carbocycles. The molecule has 0 fully saturated rings. The lowest BCUT2D eigenvalue weighted by Crippen LogP contribution is -1.89. The fraction of sp³-hybridized carbons (Fsp3) is 0.625. The second-order valence-corrected chi connectivity index (χ2v) is 7.06. The third-order valence-corrected chi connectivity index (χ3v) is 4.90. The van der Waals surface area contributed by atoms with Crippen molar-refractivity contribution in [2.24, 2.45) is 0 Å². The molecule has 1 aromatic rings. The maximum Gasteiger partial charge on any atom is 0.0463 e. The summed E-state index contributed by atoms with van der Waals surface area (Å²) in [5.74, 6) is 1.18. The number of hydrogen-bond acceptors (Lipinski definition) is 2. The van der Waals surface area contributed by atoms with Gasteiger partial charge in [-0.2, -0.15) is 0 Å². The SMILES string of the molecule is CCCCCCCCCCSc1ccc(Br)cc1N. The quantitative estimate of drug-likeness (QED) is 0.308. The van der Waals surface area contributed by atoms with E-state index in [0.717, 1.165) is 10.2 Å². The summed E-state index contributed by atoms with van der Waals surface area (Å²) in [7, 11) is 0. The van der Waals surface area contributed by atoms with E-state index in [9.17, 15) is 0 Å². The van der Waals surface area contributed by atoms with E-state index in [4.69, 9.17) is 5.73 Å². The van der Waals surface area contributed by atoms with Crippen molar-refractivity contribution >= 4 is 33.4 Å². The van der Waals surface area contributed by atoms with Crippen LogP contribution in [0.1, 0.15) is 58.3 Å². The summed E-state index contributed by atoms with van der Waals surface area (Å²) in [4.78, 5) is 1.21. The fourth-order valence-electron chi connectivity index (χ4n) is 2.07. The molecular weight excluding hydrogens is 318 g/mol. The molecule has 0 amide bonds. The van der Waals surface area contributed by atoms with Crippen molar-refractivity contribution in [1.29, 1.82) is 0 Å². The third-order valence-electron chi connectivity index (χ3n) is 3.23. The molecule has 0 aliphatic rings. The van der Waals surface area contributed by atoms with Gasteiger partial charge in [-0.1, -0.05) is 67.8 Å². The molecule has 0 aromatic heterocycles. The summed E-state index contributed by atoms with van der Waals surface area (Å²) in [6, 6.07) is 6.15. The third kappa shape index (κ3) is 7.88. The van der Waals surface area contributed by atoms with Crippen LogP contribution in [0.4, 0.5) is 5.69 Å². The molecule has 0 aliphatic carbocycles. The van der Waals surface area contributed by atoms with Gasteiger partial charge in [0.25, 0.3) is 0 Å². The minimum atomic E-state index is 0.888. The van der Waals surface area contributed by atoms with Gasteiger partial charge in [0, 0.05) is 15.1 Å². The highest BCUT2D eigenvalue weighted by molar-refractivity contribution is 9.10. The lowest BCUT2D eigenvalue weighted by molar-refractivity contribution is 0.586. The zero-order chi connectivity index (χ0) is 13.9. The Labute approximate surface area is 130 Å². The minimum absolute atomic E-state index is 0.888. The number of benzene rings is 1. The van der Waals surface area contributed by atoms with Gasteiger partial charge in [-0.15, -0.1) is 11.8 Å². The minimum Gasteiger partial charge on any atom is -0.398 e. The Morgan fingerprint density at radius 1 is 1.00 bits per heavy atom. The van der Waals surface area contributed by atoms with E-state index in [2.05, 4.69) is 35.0 Å². The Kier molecular flexibility index (Phi) is 9.44. The molecule has 0 radical (unpaired) electrons. The average molecular weight is 344 g/mol. The molecular formula is C16H26BrNS. The Morgan fingerprint density at radius 3 is 2.26 bits per heavy atom. The molecule has 108 valence electrons. The van der Waals surface area contributed by atoms with Gasteiger partial charge in [-0.3, -0.25) is 0 Å². The van der Waals surface area contributed by atoms with Gasteiger partial charge in [0.1, 0.15) is 0 Å². The van der Waals surface area contributed by atoms with Crippen LogP contribution in [0, 0.1) is 0 Å². The molecule has 3 heteroatoms. The van der Waals surface area contributed by atoms with Crippen LogP contribution in [0.3, 0.4) is 0 Å². The summed E-state index contributed by atoms with van der Waals surface area (Å²) in [6.07, 6.45) is 11.0. The molecule has 0 saturated carbocycles. The number of halogens is 1. The first-order valence-electron chi connectivity index (χ1n) is 7.42. The highest BCUT2D eigenvalue weighted by Gasteiger charge is 2.00. The summed E-state index contributed by atoms with van der Waals surface area (Å²) in [6.45, 7) is 2.27. The van der Waals surface area contributed by atoms with Gasteiger partial charge in [0.05, 0.1) is 0 Å². The predicted molar refractivity (Wildman–Crippen MR) is 91.9 cm³/mol. The second kappa shape index (κ2) is 10.6. The van der Waals surface area contributed by atoms with Gasteiger partial charge in [0.15, 0.2) is 0 Å². The normalized spacial score (nSPS) is 10.8. The topological polar surface area (TPSA) is 26.0 Å². The summed E-state index contributed by atoms with van der Waals surface area (Å²) >= 11 is 5.32. The van der Waals surface area contributed by atoms with Crippen LogP contribution in [-0.4, -0.2) is 5.75 Å². The van der Waals surface area contributed by atoms with Crippen molar-refractivity contribution in [2.75, 3.05) is 11.5 Å². The summed E-state index contributed by atoms with van der Waals surface area (Å²) in [5.41, 5.74) is 6.87. The number of rotatable bonds is 10. The van der Waals surface area contributed by atoms with E-state index < -0.39 is 0 Å². The second-order valence-electron chi connectivity index (χ2n) is 5.01. The van der Waals surface area contributed by atoms with Crippen LogP contribution in [0.25, 0.3) is 0 Å². The van der Waals surface area contributed by atoms with Crippen molar-refractivity contribution in [2.45, 2.75) is 63.2 Å². The van der Waals surface area contributed by atoms with E-state index in [1.54, 1.807) is 0 Å². The van der Waals surface area contributed by atoms with E-state index in [1.807, 2.05) is 17.8 Å². The van der Waals surface area contributed by atoms with E-state index in [-0.39, 0.29) is 0 Å². The highest BCUT2D eigenvalue weighted by atomic mass is 79.9. The smallest absolute Gasteiger partial charge is 0.0463 e. The predicted octanol–water partition coefficient (Wildman–Crippen LogP) is 6.26.